The van der Waals surface area contributed by atoms with Crippen LogP contribution >= 0.6 is 22.9 Å². The average Bonchev–Trinajstić information content (AvgIpc) is 2.87. The summed E-state index contributed by atoms with van der Waals surface area (Å²) in [4.78, 5) is 12.7. The molecule has 0 unspecified atom stereocenters. The minimum atomic E-state index is -0.759. The van der Waals surface area contributed by atoms with Crippen molar-refractivity contribution in [2.45, 2.75) is 19.4 Å². The number of rotatable bonds is 5. The van der Waals surface area contributed by atoms with E-state index in [-0.39, 0.29) is 29.5 Å². The number of hydrogen-bond acceptors (Lipinski definition) is 3. The van der Waals surface area contributed by atoms with Crippen LogP contribution in [0.25, 0.3) is 0 Å². The SMILES string of the molecule is Cc1ccsc1[C@@H](O)CNC(=O)Cc1c(F)cccc1Cl. The number of aliphatic hydroxyl groups is 1. The largest absolute Gasteiger partial charge is 0.386 e. The third kappa shape index (κ3) is 4.03. The molecular weight excluding hydrogens is 313 g/mol. The highest BCUT2D eigenvalue weighted by Gasteiger charge is 2.15. The number of carbonyl (C=O) groups excluding carboxylic acids is 1. The Kier molecular flexibility index (Phi) is 5.33. The summed E-state index contributed by atoms with van der Waals surface area (Å²) in [7, 11) is 0. The molecule has 6 heteroatoms. The van der Waals surface area contributed by atoms with Gasteiger partial charge in [-0.15, -0.1) is 11.3 Å². The van der Waals surface area contributed by atoms with Crippen molar-refractivity contribution >= 4 is 28.8 Å². The van der Waals surface area contributed by atoms with E-state index >= 15 is 0 Å². The van der Waals surface area contributed by atoms with Gasteiger partial charge in [0.05, 0.1) is 6.42 Å². The first-order valence-corrected chi connectivity index (χ1v) is 7.66. The number of aliphatic hydroxyl groups excluding tert-OH is 1. The van der Waals surface area contributed by atoms with Gasteiger partial charge in [-0.1, -0.05) is 17.7 Å². The van der Waals surface area contributed by atoms with Crippen LogP contribution in [0.2, 0.25) is 5.02 Å². The zero-order chi connectivity index (χ0) is 15.4. The van der Waals surface area contributed by atoms with Crippen molar-refractivity contribution in [3.63, 3.8) is 0 Å². The lowest BCUT2D eigenvalue weighted by molar-refractivity contribution is -0.120. The Morgan fingerprint density at radius 1 is 1.48 bits per heavy atom. The molecule has 0 fully saturated rings. The lowest BCUT2D eigenvalue weighted by atomic mass is 10.1. The molecule has 0 aliphatic carbocycles. The molecule has 0 radical (unpaired) electrons. The number of thiophene rings is 1. The van der Waals surface area contributed by atoms with Gasteiger partial charge in [0.15, 0.2) is 0 Å². The molecule has 1 aromatic heterocycles. The Bertz CT molecular complexity index is 624. The number of benzene rings is 1. The second-order valence-electron chi connectivity index (χ2n) is 4.66. The van der Waals surface area contributed by atoms with Crippen molar-refractivity contribution in [2.75, 3.05) is 6.54 Å². The minimum Gasteiger partial charge on any atom is -0.386 e. The standard InChI is InChI=1S/C15H15ClFNO2S/c1-9-5-6-21-15(9)13(19)8-18-14(20)7-10-11(16)3-2-4-12(10)17/h2-6,13,19H,7-8H2,1H3,(H,18,20)/t13-/m0/s1. The molecule has 1 aromatic carbocycles. The zero-order valence-electron chi connectivity index (χ0n) is 11.4. The van der Waals surface area contributed by atoms with E-state index in [1.165, 1.54) is 29.5 Å². The molecule has 21 heavy (non-hydrogen) atoms. The third-order valence-corrected chi connectivity index (χ3v) is 4.57. The summed E-state index contributed by atoms with van der Waals surface area (Å²) in [6.07, 6.45) is -0.910. The van der Waals surface area contributed by atoms with E-state index in [4.69, 9.17) is 11.6 Å². The average molecular weight is 328 g/mol. The predicted molar refractivity (Wildman–Crippen MR) is 82.1 cm³/mol. The van der Waals surface area contributed by atoms with Gasteiger partial charge in [-0.05, 0) is 36.1 Å². The molecule has 0 bridgehead atoms. The van der Waals surface area contributed by atoms with Gasteiger partial charge in [-0.25, -0.2) is 4.39 Å². The molecule has 0 spiro atoms. The van der Waals surface area contributed by atoms with E-state index in [1.54, 1.807) is 0 Å². The van der Waals surface area contributed by atoms with Gasteiger partial charge in [0, 0.05) is 22.0 Å². The van der Waals surface area contributed by atoms with Crippen LogP contribution in [0.3, 0.4) is 0 Å². The van der Waals surface area contributed by atoms with Crippen LogP contribution in [-0.4, -0.2) is 17.6 Å². The lowest BCUT2D eigenvalue weighted by Crippen LogP contribution is -2.30. The van der Waals surface area contributed by atoms with Crippen LogP contribution in [0.5, 0.6) is 0 Å². The van der Waals surface area contributed by atoms with Crippen molar-refractivity contribution in [2.24, 2.45) is 0 Å². The van der Waals surface area contributed by atoms with Gasteiger partial charge in [0.25, 0.3) is 0 Å². The number of nitrogens with one attached hydrogen (secondary N) is 1. The Hall–Kier alpha value is -1.43. The topological polar surface area (TPSA) is 49.3 Å². The maximum absolute atomic E-state index is 13.6. The first-order valence-electron chi connectivity index (χ1n) is 6.40. The number of amides is 1. The summed E-state index contributed by atoms with van der Waals surface area (Å²) in [5.74, 6) is -0.887. The monoisotopic (exact) mass is 327 g/mol. The van der Waals surface area contributed by atoms with Crippen molar-refractivity contribution in [1.82, 2.24) is 5.32 Å². The number of hydrogen-bond donors (Lipinski definition) is 2. The molecule has 0 saturated heterocycles. The Labute approximate surface area is 131 Å². The number of halogens is 2. The van der Waals surface area contributed by atoms with E-state index in [9.17, 15) is 14.3 Å². The van der Waals surface area contributed by atoms with E-state index in [0.29, 0.717) is 0 Å². The smallest absolute Gasteiger partial charge is 0.224 e. The molecule has 112 valence electrons. The summed E-state index contributed by atoms with van der Waals surface area (Å²) in [6, 6.07) is 6.20. The van der Waals surface area contributed by atoms with Crippen LogP contribution in [0.15, 0.2) is 29.6 Å². The van der Waals surface area contributed by atoms with Gasteiger partial charge in [0.1, 0.15) is 11.9 Å². The summed E-state index contributed by atoms with van der Waals surface area (Å²) in [5, 5.41) is 14.7. The Morgan fingerprint density at radius 2 is 2.24 bits per heavy atom. The van der Waals surface area contributed by atoms with Gasteiger partial charge in [-0.3, -0.25) is 4.79 Å². The molecule has 0 saturated carbocycles. The second-order valence-corrected chi connectivity index (χ2v) is 6.02. The maximum Gasteiger partial charge on any atom is 0.224 e. The number of aryl methyl sites for hydroxylation is 1. The Balaban J connectivity index is 1.92. The fraction of sp³-hybridized carbons (Fsp3) is 0.267. The first-order chi connectivity index (χ1) is 9.99. The van der Waals surface area contributed by atoms with Crippen molar-refractivity contribution < 1.29 is 14.3 Å². The summed E-state index contributed by atoms with van der Waals surface area (Å²) in [6.45, 7) is 1.99. The highest BCUT2D eigenvalue weighted by molar-refractivity contribution is 7.10. The third-order valence-electron chi connectivity index (χ3n) is 3.10. The lowest BCUT2D eigenvalue weighted by Gasteiger charge is -2.12. The van der Waals surface area contributed by atoms with E-state index in [1.807, 2.05) is 18.4 Å². The normalized spacial score (nSPS) is 12.2. The fourth-order valence-electron chi connectivity index (χ4n) is 1.95. The molecule has 0 aliphatic rings. The van der Waals surface area contributed by atoms with Gasteiger partial charge >= 0.3 is 0 Å². The summed E-state index contributed by atoms with van der Waals surface area (Å²) >= 11 is 7.31. The van der Waals surface area contributed by atoms with E-state index < -0.39 is 11.9 Å². The fourth-order valence-corrected chi connectivity index (χ4v) is 3.10. The molecule has 3 nitrogen and oxygen atoms in total. The summed E-state index contributed by atoms with van der Waals surface area (Å²) in [5.41, 5.74) is 1.15. The predicted octanol–water partition coefficient (Wildman–Crippen LogP) is 3.24. The molecule has 2 N–H and O–H groups in total. The molecule has 1 heterocycles. The second kappa shape index (κ2) is 7.02. The molecule has 1 amide bonds. The van der Waals surface area contributed by atoms with E-state index in [0.717, 1.165) is 10.4 Å². The van der Waals surface area contributed by atoms with Gasteiger partial charge < -0.3 is 10.4 Å². The van der Waals surface area contributed by atoms with Gasteiger partial charge in [0.2, 0.25) is 5.91 Å². The number of carbonyl (C=O) groups is 1. The molecule has 2 rings (SSSR count). The van der Waals surface area contributed by atoms with Crippen LogP contribution < -0.4 is 5.32 Å². The highest BCUT2D eigenvalue weighted by Crippen LogP contribution is 2.23. The van der Waals surface area contributed by atoms with E-state index in [2.05, 4.69) is 5.32 Å². The minimum absolute atomic E-state index is 0.0895. The molecular formula is C15H15ClFNO2S. The zero-order valence-corrected chi connectivity index (χ0v) is 13.0. The molecule has 0 aliphatic heterocycles. The van der Waals surface area contributed by atoms with Crippen LogP contribution in [0.1, 0.15) is 22.1 Å². The first kappa shape index (κ1) is 15.9. The van der Waals surface area contributed by atoms with Crippen LogP contribution in [0, 0.1) is 12.7 Å². The van der Waals surface area contributed by atoms with Crippen molar-refractivity contribution in [3.8, 4) is 0 Å². The van der Waals surface area contributed by atoms with Crippen LogP contribution in [-0.2, 0) is 11.2 Å². The molecule has 1 atom stereocenters. The quantitative estimate of drug-likeness (QED) is 0.885. The summed E-state index contributed by atoms with van der Waals surface area (Å²) < 4.78 is 13.6. The van der Waals surface area contributed by atoms with Crippen LogP contribution in [0.4, 0.5) is 4.39 Å². The van der Waals surface area contributed by atoms with Gasteiger partial charge in [-0.2, -0.15) is 0 Å². The van der Waals surface area contributed by atoms with Crippen molar-refractivity contribution in [1.29, 1.82) is 0 Å². The highest BCUT2D eigenvalue weighted by atomic mass is 35.5. The molecule has 2 aromatic rings. The maximum atomic E-state index is 13.6. The Morgan fingerprint density at radius 3 is 2.86 bits per heavy atom. The van der Waals surface area contributed by atoms with Crippen molar-refractivity contribution in [3.05, 3.63) is 56.5 Å².